The largest absolute Gasteiger partial charge is 0.488 e. The van der Waals surface area contributed by atoms with E-state index in [2.05, 4.69) is 44.2 Å². The minimum atomic E-state index is -0.0959. The van der Waals surface area contributed by atoms with Gasteiger partial charge in [-0.3, -0.25) is 4.98 Å². The molecule has 1 saturated heterocycles. The van der Waals surface area contributed by atoms with E-state index in [1.165, 1.54) is 5.56 Å². The third-order valence-electron chi connectivity index (χ3n) is 5.15. The molecule has 1 fully saturated rings. The van der Waals surface area contributed by atoms with Gasteiger partial charge in [-0.2, -0.15) is 0 Å². The van der Waals surface area contributed by atoms with Crippen molar-refractivity contribution in [3.05, 3.63) is 72.8 Å². The van der Waals surface area contributed by atoms with E-state index in [0.717, 1.165) is 37.6 Å². The number of nitrogens with one attached hydrogen (secondary N) is 1. The van der Waals surface area contributed by atoms with E-state index in [4.69, 9.17) is 15.2 Å². The number of rotatable bonds is 8. The number of anilines is 1. The van der Waals surface area contributed by atoms with Crippen molar-refractivity contribution in [2.75, 3.05) is 37.7 Å². The maximum Gasteiger partial charge on any atom is 0.257 e. The van der Waals surface area contributed by atoms with Crippen LogP contribution < -0.4 is 25.4 Å². The van der Waals surface area contributed by atoms with Crippen LogP contribution in [0.1, 0.15) is 26.3 Å². The lowest BCUT2D eigenvalue weighted by molar-refractivity contribution is 0.211. The summed E-state index contributed by atoms with van der Waals surface area (Å²) in [6, 6.07) is 14.4. The van der Waals surface area contributed by atoms with Gasteiger partial charge in [-0.1, -0.05) is 30.3 Å². The van der Waals surface area contributed by atoms with E-state index in [1.54, 1.807) is 24.8 Å². The second-order valence-corrected chi connectivity index (χ2v) is 8.97. The van der Waals surface area contributed by atoms with Gasteiger partial charge in [0.25, 0.3) is 5.88 Å². The second-order valence-electron chi connectivity index (χ2n) is 8.97. The van der Waals surface area contributed by atoms with Gasteiger partial charge in [0.1, 0.15) is 19.0 Å². The van der Waals surface area contributed by atoms with Gasteiger partial charge < -0.3 is 25.4 Å². The van der Waals surface area contributed by atoms with Gasteiger partial charge in [0.15, 0.2) is 5.82 Å². The zero-order valence-corrected chi connectivity index (χ0v) is 20.4. The zero-order chi connectivity index (χ0) is 24.2. The summed E-state index contributed by atoms with van der Waals surface area (Å²) in [5.74, 6) is 2.07. The van der Waals surface area contributed by atoms with E-state index in [-0.39, 0.29) is 5.54 Å². The van der Waals surface area contributed by atoms with Crippen LogP contribution in [0.25, 0.3) is 0 Å². The van der Waals surface area contributed by atoms with E-state index < -0.39 is 0 Å². The molecule has 182 valence electrons. The first-order valence-electron chi connectivity index (χ1n) is 11.7. The molecule has 0 saturated carbocycles. The molecule has 8 heteroatoms. The van der Waals surface area contributed by atoms with Crippen molar-refractivity contribution < 1.29 is 9.47 Å². The van der Waals surface area contributed by atoms with Crippen LogP contribution in [0.5, 0.6) is 11.6 Å². The molecule has 0 spiro atoms. The second kappa shape index (κ2) is 12.9. The van der Waals surface area contributed by atoms with E-state index in [9.17, 15) is 0 Å². The lowest BCUT2D eigenvalue weighted by Crippen LogP contribution is -2.50. The summed E-state index contributed by atoms with van der Waals surface area (Å²) in [6.07, 6.45) is 7.67. The van der Waals surface area contributed by atoms with Gasteiger partial charge in [-0.05, 0) is 44.9 Å². The molecule has 3 N–H and O–H groups in total. The number of ether oxygens (including phenoxy) is 2. The minimum Gasteiger partial charge on any atom is -0.488 e. The summed E-state index contributed by atoms with van der Waals surface area (Å²) < 4.78 is 11.4. The highest BCUT2D eigenvalue weighted by molar-refractivity contribution is 5.49. The lowest BCUT2D eigenvalue weighted by Gasteiger charge is -2.35. The Balaban J connectivity index is 0.000000248. The Morgan fingerprint density at radius 1 is 1.03 bits per heavy atom. The molecule has 0 unspecified atom stereocenters. The van der Waals surface area contributed by atoms with Crippen molar-refractivity contribution in [1.29, 1.82) is 0 Å². The van der Waals surface area contributed by atoms with Gasteiger partial charge >= 0.3 is 0 Å². The van der Waals surface area contributed by atoms with Crippen LogP contribution in [0.2, 0.25) is 0 Å². The number of aromatic nitrogens is 3. The summed E-state index contributed by atoms with van der Waals surface area (Å²) in [5, 5.41) is 3.37. The van der Waals surface area contributed by atoms with Gasteiger partial charge in [0.05, 0.1) is 6.20 Å². The van der Waals surface area contributed by atoms with Crippen molar-refractivity contribution in [2.45, 2.75) is 38.8 Å². The number of benzene rings is 1. The van der Waals surface area contributed by atoms with Crippen molar-refractivity contribution in [2.24, 2.45) is 5.73 Å². The molecule has 1 aromatic carbocycles. The third kappa shape index (κ3) is 8.61. The van der Waals surface area contributed by atoms with Crippen LogP contribution in [-0.2, 0) is 6.42 Å². The van der Waals surface area contributed by atoms with E-state index in [1.807, 2.05) is 44.2 Å². The predicted octanol–water partition coefficient (Wildman–Crippen LogP) is 3.09. The van der Waals surface area contributed by atoms with Crippen molar-refractivity contribution in [3.8, 4) is 11.6 Å². The predicted molar refractivity (Wildman–Crippen MR) is 135 cm³/mol. The Kier molecular flexibility index (Phi) is 9.61. The molecule has 4 rings (SSSR count). The number of pyridine rings is 1. The molecule has 0 aliphatic carbocycles. The first-order chi connectivity index (χ1) is 16.4. The number of hydrogen-bond acceptors (Lipinski definition) is 8. The molecule has 3 aromatic rings. The molecule has 8 nitrogen and oxygen atoms in total. The molecule has 3 heterocycles. The van der Waals surface area contributed by atoms with Crippen LogP contribution in [0.4, 0.5) is 5.82 Å². The summed E-state index contributed by atoms with van der Waals surface area (Å²) in [5.41, 5.74) is 7.08. The molecule has 1 atom stereocenters. The van der Waals surface area contributed by atoms with Crippen LogP contribution in [0.15, 0.2) is 67.3 Å². The van der Waals surface area contributed by atoms with Gasteiger partial charge in [-0.25, -0.2) is 9.97 Å². The monoisotopic (exact) mass is 464 g/mol. The Bertz CT molecular complexity index is 966. The Labute approximate surface area is 202 Å². The Morgan fingerprint density at radius 3 is 2.50 bits per heavy atom. The number of nitrogens with zero attached hydrogens (tertiary/aromatic N) is 4. The molecule has 1 aliphatic heterocycles. The average Bonchev–Trinajstić information content (AvgIpc) is 2.83. The molecule has 1 aliphatic rings. The standard InChI is InChI=1S/C16H21N5O2.C10H15N/c1-13-11-18-7-8-21(13)15-16(20-6-5-19-15)23-10-9-22-14-3-2-4-17-12-14;1-10(2,11)8-9-6-4-3-5-7-9/h2-6,12-13,18H,7-11H2,1H3;3-7H,8,11H2,1-2H3/t13-;/m1./s1. The molecular weight excluding hydrogens is 428 g/mol. The van der Waals surface area contributed by atoms with Gasteiger partial charge in [0, 0.05) is 49.8 Å². The van der Waals surface area contributed by atoms with Crippen molar-refractivity contribution in [3.63, 3.8) is 0 Å². The Morgan fingerprint density at radius 2 is 1.79 bits per heavy atom. The highest BCUT2D eigenvalue weighted by atomic mass is 16.5. The minimum absolute atomic E-state index is 0.0959. The van der Waals surface area contributed by atoms with Crippen LogP contribution in [0, 0.1) is 0 Å². The van der Waals surface area contributed by atoms with Crippen LogP contribution >= 0.6 is 0 Å². The van der Waals surface area contributed by atoms with Crippen molar-refractivity contribution >= 4 is 5.82 Å². The maximum atomic E-state index is 5.87. The highest BCUT2D eigenvalue weighted by Crippen LogP contribution is 2.25. The van der Waals surface area contributed by atoms with Crippen LogP contribution in [0.3, 0.4) is 0 Å². The smallest absolute Gasteiger partial charge is 0.257 e. The van der Waals surface area contributed by atoms with Crippen LogP contribution in [-0.4, -0.2) is 59.4 Å². The molecule has 0 bridgehead atoms. The quantitative estimate of drug-likeness (QED) is 0.491. The van der Waals surface area contributed by atoms with Crippen molar-refractivity contribution in [1.82, 2.24) is 20.3 Å². The third-order valence-corrected chi connectivity index (χ3v) is 5.15. The summed E-state index contributed by atoms with van der Waals surface area (Å²) >= 11 is 0. The van der Waals surface area contributed by atoms with Gasteiger partial charge in [-0.15, -0.1) is 0 Å². The molecule has 2 aromatic heterocycles. The Hall–Kier alpha value is -3.23. The topological polar surface area (TPSA) is 98.4 Å². The fourth-order valence-corrected chi connectivity index (χ4v) is 3.62. The lowest BCUT2D eigenvalue weighted by atomic mass is 9.96. The summed E-state index contributed by atoms with van der Waals surface area (Å²) in [6.45, 7) is 9.84. The maximum absolute atomic E-state index is 5.87. The van der Waals surface area contributed by atoms with E-state index in [0.29, 0.717) is 25.1 Å². The number of nitrogens with two attached hydrogens (primary N) is 1. The summed E-state index contributed by atoms with van der Waals surface area (Å²) in [7, 11) is 0. The first-order valence-corrected chi connectivity index (χ1v) is 11.7. The van der Waals surface area contributed by atoms with Gasteiger partial charge in [0.2, 0.25) is 0 Å². The molecular formula is C26H36N6O2. The summed E-state index contributed by atoms with van der Waals surface area (Å²) in [4.78, 5) is 15.0. The number of hydrogen-bond donors (Lipinski definition) is 2. The zero-order valence-electron chi connectivity index (χ0n) is 20.4. The first kappa shape index (κ1) is 25.4. The molecule has 34 heavy (non-hydrogen) atoms. The van der Waals surface area contributed by atoms with E-state index >= 15 is 0 Å². The fourth-order valence-electron chi connectivity index (χ4n) is 3.62. The SMILES string of the molecule is CC(C)(N)Cc1ccccc1.C[C@@H]1CNCCN1c1nccnc1OCCOc1cccnc1. The fraction of sp³-hybridized carbons (Fsp3) is 0.423. The highest BCUT2D eigenvalue weighted by Gasteiger charge is 2.23. The average molecular weight is 465 g/mol. The normalized spacial score (nSPS) is 15.8. The molecule has 0 radical (unpaired) electrons. The number of piperazine rings is 1. The molecule has 0 amide bonds.